The number of carbonyl (C=O) groups excluding carboxylic acids is 1. The molecule has 5 nitrogen and oxygen atoms in total. The predicted molar refractivity (Wildman–Crippen MR) is 111 cm³/mol. The van der Waals surface area contributed by atoms with Crippen molar-refractivity contribution < 1.29 is 14.3 Å². The zero-order valence-electron chi connectivity index (χ0n) is 16.4. The summed E-state index contributed by atoms with van der Waals surface area (Å²) in [7, 11) is 0. The fraction of sp³-hybridized carbons (Fsp3) is 0.455. The van der Waals surface area contributed by atoms with Crippen molar-refractivity contribution in [1.29, 1.82) is 0 Å². The first-order chi connectivity index (χ1) is 13.5. The van der Waals surface area contributed by atoms with Crippen LogP contribution >= 0.6 is 11.6 Å². The van der Waals surface area contributed by atoms with E-state index in [1.165, 1.54) is 6.92 Å². The number of ether oxygens (including phenoxy) is 2. The molecule has 1 N–H and O–H groups in total. The number of aromatic nitrogens is 1. The Kier molecular flexibility index (Phi) is 7.29. The Balaban J connectivity index is 1.48. The third-order valence-electron chi connectivity index (χ3n) is 4.85. The quantitative estimate of drug-likeness (QED) is 0.733. The normalized spacial score (nSPS) is 20.4. The molecule has 1 amide bonds. The van der Waals surface area contributed by atoms with Gasteiger partial charge in [0.25, 0.3) is 0 Å². The van der Waals surface area contributed by atoms with Gasteiger partial charge in [-0.2, -0.15) is 0 Å². The van der Waals surface area contributed by atoms with E-state index in [0.29, 0.717) is 17.5 Å². The first-order valence-corrected chi connectivity index (χ1v) is 10.2. The minimum Gasteiger partial charge on any atom is -0.473 e. The van der Waals surface area contributed by atoms with E-state index in [1.54, 1.807) is 6.20 Å². The van der Waals surface area contributed by atoms with Crippen molar-refractivity contribution in [3.63, 3.8) is 0 Å². The number of rotatable bonds is 7. The summed E-state index contributed by atoms with van der Waals surface area (Å²) in [6.07, 6.45) is 5.76. The summed E-state index contributed by atoms with van der Waals surface area (Å²) in [5.74, 6) is 0.459. The van der Waals surface area contributed by atoms with E-state index < -0.39 is 0 Å². The fourth-order valence-corrected chi connectivity index (χ4v) is 3.66. The minimum absolute atomic E-state index is 0.0256. The van der Waals surface area contributed by atoms with E-state index in [4.69, 9.17) is 21.1 Å². The van der Waals surface area contributed by atoms with Gasteiger partial charge in [-0.1, -0.05) is 41.9 Å². The molecule has 28 heavy (non-hydrogen) atoms. The lowest BCUT2D eigenvalue weighted by atomic mass is 9.95. The zero-order valence-corrected chi connectivity index (χ0v) is 17.1. The predicted octanol–water partition coefficient (Wildman–Crippen LogP) is 4.63. The Bertz CT molecular complexity index is 777. The molecule has 1 saturated carbocycles. The highest BCUT2D eigenvalue weighted by atomic mass is 35.5. The maximum atomic E-state index is 11.1. The van der Waals surface area contributed by atoms with Crippen LogP contribution in [0.25, 0.3) is 11.1 Å². The van der Waals surface area contributed by atoms with E-state index in [0.717, 1.165) is 36.8 Å². The summed E-state index contributed by atoms with van der Waals surface area (Å²) in [4.78, 5) is 15.5. The number of hydrogen-bond acceptors (Lipinski definition) is 4. The molecule has 1 aliphatic rings. The Morgan fingerprint density at radius 1 is 1.18 bits per heavy atom. The average molecular weight is 403 g/mol. The Labute approximate surface area is 171 Å². The van der Waals surface area contributed by atoms with E-state index in [-0.39, 0.29) is 24.2 Å². The number of nitrogens with one attached hydrogen (secondary N) is 1. The van der Waals surface area contributed by atoms with Crippen molar-refractivity contribution in [2.75, 3.05) is 6.61 Å². The Morgan fingerprint density at radius 2 is 1.86 bits per heavy atom. The first kappa shape index (κ1) is 20.6. The molecule has 0 saturated heterocycles. The van der Waals surface area contributed by atoms with Crippen LogP contribution in [0.3, 0.4) is 0 Å². The van der Waals surface area contributed by atoms with Gasteiger partial charge in [0.2, 0.25) is 11.8 Å². The summed E-state index contributed by atoms with van der Waals surface area (Å²) < 4.78 is 12.0. The summed E-state index contributed by atoms with van der Waals surface area (Å²) in [5, 5.41) is 3.37. The van der Waals surface area contributed by atoms with Gasteiger partial charge in [-0.15, -0.1) is 0 Å². The number of pyridine rings is 1. The second kappa shape index (κ2) is 9.89. The standard InChI is InChI=1S/C22H27ClN2O3/c1-15(25-16(2)26)14-27-19-8-10-20(11-9-19)28-22-21(23)12-18(13-24-22)17-6-4-3-5-7-17/h3-7,12-13,15,19-20H,8-11,14H2,1-2H3,(H,25,26)/t15-,19?,20?/m0/s1. The summed E-state index contributed by atoms with van der Waals surface area (Å²) in [6.45, 7) is 4.00. The van der Waals surface area contributed by atoms with Gasteiger partial charge in [0, 0.05) is 24.7 Å². The lowest BCUT2D eigenvalue weighted by molar-refractivity contribution is -0.120. The molecule has 1 heterocycles. The largest absolute Gasteiger partial charge is 0.473 e. The van der Waals surface area contributed by atoms with Crippen LogP contribution in [0, 0.1) is 0 Å². The van der Waals surface area contributed by atoms with Crippen molar-refractivity contribution >= 4 is 17.5 Å². The molecule has 1 atom stereocenters. The molecule has 0 aliphatic heterocycles. The minimum atomic E-state index is -0.0316. The molecule has 2 aromatic rings. The number of nitrogens with zero attached hydrogens (tertiary/aromatic N) is 1. The van der Waals surface area contributed by atoms with Crippen molar-refractivity contribution in [1.82, 2.24) is 10.3 Å². The molecule has 0 unspecified atom stereocenters. The van der Waals surface area contributed by atoms with Crippen molar-refractivity contribution in [3.8, 4) is 17.0 Å². The van der Waals surface area contributed by atoms with E-state index in [1.807, 2.05) is 43.3 Å². The van der Waals surface area contributed by atoms with Gasteiger partial charge < -0.3 is 14.8 Å². The molecule has 1 aromatic heterocycles. The highest BCUT2D eigenvalue weighted by Gasteiger charge is 2.24. The molecule has 0 bridgehead atoms. The molecule has 1 aliphatic carbocycles. The lowest BCUT2D eigenvalue weighted by Gasteiger charge is -2.29. The summed E-state index contributed by atoms with van der Waals surface area (Å²) in [6, 6.07) is 12.0. The van der Waals surface area contributed by atoms with Gasteiger partial charge in [-0.3, -0.25) is 4.79 Å². The molecule has 1 fully saturated rings. The van der Waals surface area contributed by atoms with Gasteiger partial charge in [-0.05, 0) is 44.2 Å². The third kappa shape index (κ3) is 5.94. The van der Waals surface area contributed by atoms with Crippen LogP contribution in [-0.2, 0) is 9.53 Å². The van der Waals surface area contributed by atoms with Crippen LogP contribution < -0.4 is 10.1 Å². The summed E-state index contributed by atoms with van der Waals surface area (Å²) >= 11 is 6.41. The second-order valence-corrected chi connectivity index (χ2v) is 7.74. The van der Waals surface area contributed by atoms with Gasteiger partial charge in [0.1, 0.15) is 11.1 Å². The van der Waals surface area contributed by atoms with E-state index in [2.05, 4.69) is 10.3 Å². The SMILES string of the molecule is CC(=O)N[C@@H](C)COC1CCC(Oc2ncc(-c3ccccc3)cc2Cl)CC1. The maximum Gasteiger partial charge on any atom is 0.232 e. The molecule has 0 radical (unpaired) electrons. The van der Waals surface area contributed by atoms with Crippen LogP contribution in [0.15, 0.2) is 42.6 Å². The van der Waals surface area contributed by atoms with Gasteiger partial charge in [-0.25, -0.2) is 4.98 Å². The van der Waals surface area contributed by atoms with Gasteiger partial charge >= 0.3 is 0 Å². The molecule has 6 heteroatoms. The second-order valence-electron chi connectivity index (χ2n) is 7.33. The van der Waals surface area contributed by atoms with Crippen molar-refractivity contribution in [2.45, 2.75) is 57.8 Å². The summed E-state index contributed by atoms with van der Waals surface area (Å²) in [5.41, 5.74) is 2.05. The number of amides is 1. The average Bonchev–Trinajstić information content (AvgIpc) is 2.69. The fourth-order valence-electron chi connectivity index (χ4n) is 3.44. The van der Waals surface area contributed by atoms with Crippen molar-refractivity contribution in [2.24, 2.45) is 0 Å². The molecule has 0 spiro atoms. The van der Waals surface area contributed by atoms with Crippen LogP contribution in [0.1, 0.15) is 39.5 Å². The molecular formula is C22H27ClN2O3. The topological polar surface area (TPSA) is 60.5 Å². The van der Waals surface area contributed by atoms with Crippen molar-refractivity contribution in [3.05, 3.63) is 47.6 Å². The van der Waals surface area contributed by atoms with Crippen LogP contribution in [0.5, 0.6) is 5.88 Å². The number of hydrogen-bond donors (Lipinski definition) is 1. The van der Waals surface area contributed by atoms with Gasteiger partial charge in [0.15, 0.2) is 0 Å². The number of halogens is 1. The van der Waals surface area contributed by atoms with Gasteiger partial charge in [0.05, 0.1) is 12.7 Å². The Hall–Kier alpha value is -2.11. The zero-order chi connectivity index (χ0) is 19.9. The van der Waals surface area contributed by atoms with Crippen LogP contribution in [0.4, 0.5) is 0 Å². The number of carbonyl (C=O) groups is 1. The molecular weight excluding hydrogens is 376 g/mol. The first-order valence-electron chi connectivity index (χ1n) is 9.77. The molecule has 150 valence electrons. The van der Waals surface area contributed by atoms with E-state index in [9.17, 15) is 4.79 Å². The van der Waals surface area contributed by atoms with Crippen LogP contribution in [0.2, 0.25) is 5.02 Å². The highest BCUT2D eigenvalue weighted by Crippen LogP contribution is 2.31. The highest BCUT2D eigenvalue weighted by molar-refractivity contribution is 6.32. The smallest absolute Gasteiger partial charge is 0.232 e. The maximum absolute atomic E-state index is 11.1. The monoisotopic (exact) mass is 402 g/mol. The molecule has 3 rings (SSSR count). The molecule has 1 aromatic carbocycles. The van der Waals surface area contributed by atoms with Crippen LogP contribution in [-0.4, -0.2) is 35.7 Å². The Morgan fingerprint density at radius 3 is 2.50 bits per heavy atom. The third-order valence-corrected chi connectivity index (χ3v) is 5.12. The number of benzene rings is 1. The van der Waals surface area contributed by atoms with E-state index >= 15 is 0 Å². The lowest BCUT2D eigenvalue weighted by Crippen LogP contribution is -2.36.